The normalized spacial score (nSPS) is 13.0. The highest BCUT2D eigenvalue weighted by molar-refractivity contribution is 7.98. The van der Waals surface area contributed by atoms with Crippen molar-refractivity contribution >= 4 is 11.8 Å². The fraction of sp³-hybridized carbons (Fsp3) is 0.130. The van der Waals surface area contributed by atoms with Crippen LogP contribution in [0.25, 0.3) is 17.1 Å². The molecule has 0 spiro atoms. The molecule has 0 fully saturated rings. The largest absolute Gasteiger partial charge is 0.467 e. The van der Waals surface area contributed by atoms with E-state index in [0.29, 0.717) is 34.7 Å². The van der Waals surface area contributed by atoms with E-state index >= 15 is 0 Å². The van der Waals surface area contributed by atoms with Gasteiger partial charge in [0.15, 0.2) is 17.8 Å². The number of halogens is 2. The van der Waals surface area contributed by atoms with Crippen LogP contribution in [0, 0.1) is 11.6 Å². The van der Waals surface area contributed by atoms with Gasteiger partial charge in [-0.05, 0) is 36.4 Å². The van der Waals surface area contributed by atoms with Crippen LogP contribution in [0.1, 0.15) is 11.1 Å². The zero-order valence-corrected chi connectivity index (χ0v) is 17.1. The van der Waals surface area contributed by atoms with Crippen LogP contribution < -0.4 is 4.74 Å². The van der Waals surface area contributed by atoms with Gasteiger partial charge in [0.05, 0.1) is 6.61 Å². The quantitative estimate of drug-likeness (QED) is 0.393. The number of nitrogens with zero attached hydrogens (tertiary/aromatic N) is 3. The number of benzene rings is 3. The summed E-state index contributed by atoms with van der Waals surface area (Å²) >= 11 is 1.40. The van der Waals surface area contributed by atoms with Crippen LogP contribution >= 0.6 is 11.8 Å². The molecule has 31 heavy (non-hydrogen) atoms. The SMILES string of the molecule is Fc1ccc(-n2c(SCc3cc(F)cc4c3OCOC4)nnc2-c2ccccc2)cc1. The van der Waals surface area contributed by atoms with Gasteiger partial charge in [0.1, 0.15) is 17.4 Å². The number of hydrogen-bond donors (Lipinski definition) is 0. The molecule has 1 aliphatic heterocycles. The molecule has 0 N–H and O–H groups in total. The van der Waals surface area contributed by atoms with Crippen molar-refractivity contribution < 1.29 is 18.3 Å². The van der Waals surface area contributed by atoms with Gasteiger partial charge in [-0.2, -0.15) is 0 Å². The molecule has 0 unspecified atom stereocenters. The average molecular weight is 437 g/mol. The summed E-state index contributed by atoms with van der Waals surface area (Å²) in [6.45, 7) is 0.453. The van der Waals surface area contributed by atoms with E-state index in [2.05, 4.69) is 10.2 Å². The maximum absolute atomic E-state index is 14.1. The zero-order chi connectivity index (χ0) is 21.2. The predicted molar refractivity (Wildman–Crippen MR) is 113 cm³/mol. The summed E-state index contributed by atoms with van der Waals surface area (Å²) in [6, 6.07) is 18.7. The number of ether oxygens (including phenoxy) is 2. The average Bonchev–Trinajstić information content (AvgIpc) is 3.22. The molecule has 0 amide bonds. The molecule has 4 aromatic rings. The van der Waals surface area contributed by atoms with E-state index in [1.165, 1.54) is 36.0 Å². The van der Waals surface area contributed by atoms with Gasteiger partial charge < -0.3 is 9.47 Å². The van der Waals surface area contributed by atoms with Gasteiger partial charge in [-0.15, -0.1) is 10.2 Å². The van der Waals surface area contributed by atoms with Crippen LogP contribution in [0.15, 0.2) is 71.9 Å². The van der Waals surface area contributed by atoms with Crippen LogP contribution in [0.4, 0.5) is 8.78 Å². The summed E-state index contributed by atoms with van der Waals surface area (Å²) in [4.78, 5) is 0. The molecule has 0 aliphatic carbocycles. The Morgan fingerprint density at radius 1 is 0.935 bits per heavy atom. The minimum Gasteiger partial charge on any atom is -0.467 e. The third-order valence-electron chi connectivity index (χ3n) is 4.86. The Morgan fingerprint density at radius 2 is 1.74 bits per heavy atom. The van der Waals surface area contributed by atoms with Gasteiger partial charge in [0.2, 0.25) is 0 Å². The standard InChI is InChI=1S/C23H17F2N3O2S/c24-18-6-8-20(9-7-18)28-22(15-4-2-1-3-5-15)26-27-23(28)31-13-17-11-19(25)10-16-12-29-14-30-21(16)17/h1-11H,12-14H2. The van der Waals surface area contributed by atoms with E-state index in [9.17, 15) is 8.78 Å². The van der Waals surface area contributed by atoms with Crippen LogP contribution in [-0.2, 0) is 17.1 Å². The second kappa shape index (κ2) is 8.49. The molecular formula is C23H17F2N3O2S. The van der Waals surface area contributed by atoms with Crippen LogP contribution in [0.3, 0.4) is 0 Å². The fourth-order valence-electron chi connectivity index (χ4n) is 3.47. The lowest BCUT2D eigenvalue weighted by atomic mass is 10.1. The molecule has 1 aliphatic rings. The predicted octanol–water partition coefficient (Wildman–Crippen LogP) is 5.37. The monoisotopic (exact) mass is 437 g/mol. The summed E-state index contributed by atoms with van der Waals surface area (Å²) in [7, 11) is 0. The summed E-state index contributed by atoms with van der Waals surface area (Å²) in [5, 5.41) is 9.35. The minimum absolute atomic E-state index is 0.139. The third kappa shape index (κ3) is 4.04. The van der Waals surface area contributed by atoms with Gasteiger partial charge in [-0.3, -0.25) is 4.57 Å². The molecule has 5 rings (SSSR count). The molecule has 0 bridgehead atoms. The molecule has 0 saturated carbocycles. The maximum atomic E-state index is 14.1. The molecule has 3 aromatic carbocycles. The summed E-state index contributed by atoms with van der Waals surface area (Å²) in [6.07, 6.45) is 0. The van der Waals surface area contributed by atoms with E-state index < -0.39 is 0 Å². The number of thioether (sulfide) groups is 1. The first-order valence-electron chi connectivity index (χ1n) is 9.60. The Hall–Kier alpha value is -3.23. The molecule has 0 saturated heterocycles. The Morgan fingerprint density at radius 3 is 2.55 bits per heavy atom. The molecule has 156 valence electrons. The lowest BCUT2D eigenvalue weighted by Gasteiger charge is -2.20. The van der Waals surface area contributed by atoms with E-state index in [4.69, 9.17) is 9.47 Å². The molecule has 5 nitrogen and oxygen atoms in total. The molecule has 0 radical (unpaired) electrons. The highest BCUT2D eigenvalue weighted by atomic mass is 32.2. The van der Waals surface area contributed by atoms with E-state index in [-0.39, 0.29) is 18.4 Å². The van der Waals surface area contributed by atoms with E-state index in [1.807, 2.05) is 34.9 Å². The summed E-state index contributed by atoms with van der Waals surface area (Å²) in [5.41, 5.74) is 3.03. The summed E-state index contributed by atoms with van der Waals surface area (Å²) < 4.78 is 40.4. The Labute approximate surface area is 181 Å². The fourth-order valence-corrected chi connectivity index (χ4v) is 4.39. The molecule has 0 atom stereocenters. The van der Waals surface area contributed by atoms with Crippen molar-refractivity contribution in [2.24, 2.45) is 0 Å². The van der Waals surface area contributed by atoms with Crippen molar-refractivity contribution in [2.45, 2.75) is 17.5 Å². The molecule has 8 heteroatoms. The van der Waals surface area contributed by atoms with Gasteiger partial charge >= 0.3 is 0 Å². The van der Waals surface area contributed by atoms with Crippen LogP contribution in [-0.4, -0.2) is 21.6 Å². The van der Waals surface area contributed by atoms with Gasteiger partial charge in [0, 0.05) is 28.1 Å². The first-order chi connectivity index (χ1) is 15.2. The topological polar surface area (TPSA) is 49.2 Å². The van der Waals surface area contributed by atoms with E-state index in [0.717, 1.165) is 16.8 Å². The first-order valence-corrected chi connectivity index (χ1v) is 10.6. The Kier molecular flexibility index (Phi) is 5.40. The van der Waals surface area contributed by atoms with Gasteiger partial charge in [0.25, 0.3) is 0 Å². The second-order valence-corrected chi connectivity index (χ2v) is 7.88. The number of rotatable bonds is 5. The first kappa shape index (κ1) is 19.7. The van der Waals surface area contributed by atoms with Crippen molar-refractivity contribution in [3.63, 3.8) is 0 Å². The smallest absolute Gasteiger partial charge is 0.196 e. The molecule has 1 aromatic heterocycles. The number of fused-ring (bicyclic) bond motifs is 1. The molecular weight excluding hydrogens is 420 g/mol. The van der Waals surface area contributed by atoms with E-state index in [1.54, 1.807) is 12.1 Å². The van der Waals surface area contributed by atoms with Crippen molar-refractivity contribution in [1.29, 1.82) is 0 Å². The third-order valence-corrected chi connectivity index (χ3v) is 5.84. The van der Waals surface area contributed by atoms with Crippen LogP contribution in [0.5, 0.6) is 5.75 Å². The molecule has 2 heterocycles. The number of hydrogen-bond acceptors (Lipinski definition) is 5. The summed E-state index contributed by atoms with van der Waals surface area (Å²) in [5.74, 6) is 1.05. The number of aromatic nitrogens is 3. The van der Waals surface area contributed by atoms with Crippen molar-refractivity contribution in [2.75, 3.05) is 6.79 Å². The van der Waals surface area contributed by atoms with Gasteiger partial charge in [-0.1, -0.05) is 42.1 Å². The Bertz CT molecular complexity index is 1210. The lowest BCUT2D eigenvalue weighted by molar-refractivity contribution is -0.0171. The van der Waals surface area contributed by atoms with Crippen molar-refractivity contribution in [3.8, 4) is 22.8 Å². The van der Waals surface area contributed by atoms with Crippen LogP contribution in [0.2, 0.25) is 0 Å². The second-order valence-electron chi connectivity index (χ2n) is 6.94. The lowest BCUT2D eigenvalue weighted by Crippen LogP contribution is -2.13. The van der Waals surface area contributed by atoms with Gasteiger partial charge in [-0.25, -0.2) is 8.78 Å². The highest BCUT2D eigenvalue weighted by Gasteiger charge is 2.20. The minimum atomic E-state index is -0.339. The van der Waals surface area contributed by atoms with Crippen molar-refractivity contribution in [1.82, 2.24) is 14.8 Å². The highest BCUT2D eigenvalue weighted by Crippen LogP contribution is 2.35. The van der Waals surface area contributed by atoms with Crippen molar-refractivity contribution in [3.05, 3.63) is 89.5 Å². The zero-order valence-electron chi connectivity index (χ0n) is 16.3. The maximum Gasteiger partial charge on any atom is 0.196 e. The Balaban J connectivity index is 1.52.